The maximum absolute atomic E-state index is 14.5. The molecule has 4 aromatic rings. The predicted molar refractivity (Wildman–Crippen MR) is 121 cm³/mol. The van der Waals surface area contributed by atoms with Gasteiger partial charge in [-0.3, -0.25) is 9.67 Å². The summed E-state index contributed by atoms with van der Waals surface area (Å²) >= 11 is 1.67. The number of fused-ring (bicyclic) bond motifs is 2. The lowest BCUT2D eigenvalue weighted by Gasteiger charge is -2.39. The molecule has 0 N–H and O–H groups in total. The molecule has 1 aliphatic rings. The van der Waals surface area contributed by atoms with Crippen LogP contribution in [-0.2, 0) is 7.05 Å². The van der Waals surface area contributed by atoms with Crippen LogP contribution in [0.1, 0.15) is 19.8 Å². The Morgan fingerprint density at radius 2 is 2.07 bits per heavy atom. The number of benzene rings is 1. The molecule has 3 aromatic heterocycles. The summed E-state index contributed by atoms with van der Waals surface area (Å²) in [5.41, 5.74) is 2.77. The molecule has 6 nitrogen and oxygen atoms in total. The predicted octanol–water partition coefficient (Wildman–Crippen LogP) is 4.30. The fourth-order valence-corrected chi connectivity index (χ4v) is 5.27. The molecule has 0 aliphatic carbocycles. The lowest BCUT2D eigenvalue weighted by atomic mass is 9.98. The lowest BCUT2D eigenvalue weighted by molar-refractivity contribution is 0.181. The average molecular weight is 425 g/mol. The first-order chi connectivity index (χ1) is 14.4. The van der Waals surface area contributed by atoms with E-state index >= 15 is 0 Å². The molecular formula is C22H25FN6S. The Morgan fingerprint density at radius 3 is 2.87 bits per heavy atom. The Balaban J connectivity index is 1.47. The molecule has 1 aliphatic heterocycles. The van der Waals surface area contributed by atoms with E-state index in [4.69, 9.17) is 4.98 Å². The Kier molecular flexibility index (Phi) is 4.71. The van der Waals surface area contributed by atoms with Gasteiger partial charge in [0.05, 0.1) is 16.6 Å². The lowest BCUT2D eigenvalue weighted by Crippen LogP contribution is -2.46. The standard InChI is InChI=1S/C22H25FN6S/c1-13-7-16(5-6-27(13)2)29(4)22-25-19-11-24-18(10-20(19)30-22)14-8-15-12-28(3)26-21(15)17(23)9-14/h8-13,16H,5-7H2,1-4H3. The maximum atomic E-state index is 14.5. The molecule has 0 saturated carbocycles. The molecular weight excluding hydrogens is 399 g/mol. The van der Waals surface area contributed by atoms with E-state index < -0.39 is 0 Å². The molecule has 1 saturated heterocycles. The van der Waals surface area contributed by atoms with E-state index in [1.54, 1.807) is 29.3 Å². The van der Waals surface area contributed by atoms with Crippen molar-refractivity contribution in [3.8, 4) is 11.3 Å². The van der Waals surface area contributed by atoms with E-state index in [-0.39, 0.29) is 5.82 Å². The minimum atomic E-state index is -0.328. The van der Waals surface area contributed by atoms with Crippen LogP contribution >= 0.6 is 11.3 Å². The molecule has 4 heterocycles. The van der Waals surface area contributed by atoms with Crippen LogP contribution in [0.15, 0.2) is 30.6 Å². The van der Waals surface area contributed by atoms with Crippen LogP contribution in [0.2, 0.25) is 0 Å². The van der Waals surface area contributed by atoms with Gasteiger partial charge in [-0.1, -0.05) is 11.3 Å². The summed E-state index contributed by atoms with van der Waals surface area (Å²) in [6.07, 6.45) is 5.89. The minimum Gasteiger partial charge on any atom is -0.348 e. The minimum absolute atomic E-state index is 0.328. The van der Waals surface area contributed by atoms with Crippen molar-refractivity contribution in [1.82, 2.24) is 24.6 Å². The molecule has 0 amide bonds. The third-order valence-corrected chi connectivity index (χ3v) is 7.37. The summed E-state index contributed by atoms with van der Waals surface area (Å²) in [7, 11) is 6.13. The molecule has 0 spiro atoms. The Labute approximate surface area is 179 Å². The van der Waals surface area contributed by atoms with E-state index in [1.807, 2.05) is 18.3 Å². The average Bonchev–Trinajstić information content (AvgIpc) is 3.31. The first-order valence-electron chi connectivity index (χ1n) is 10.2. The number of thiazole rings is 1. The smallest absolute Gasteiger partial charge is 0.186 e. The molecule has 0 radical (unpaired) electrons. The summed E-state index contributed by atoms with van der Waals surface area (Å²) in [6.45, 7) is 3.39. The van der Waals surface area contributed by atoms with E-state index in [0.717, 1.165) is 51.4 Å². The summed E-state index contributed by atoms with van der Waals surface area (Å²) in [4.78, 5) is 14.1. The molecule has 30 heavy (non-hydrogen) atoms. The van der Waals surface area contributed by atoms with E-state index in [9.17, 15) is 4.39 Å². The second-order valence-corrected chi connectivity index (χ2v) is 9.36. The van der Waals surface area contributed by atoms with E-state index in [0.29, 0.717) is 17.6 Å². The Bertz CT molecular complexity index is 1230. The highest BCUT2D eigenvalue weighted by Gasteiger charge is 2.27. The quantitative estimate of drug-likeness (QED) is 0.491. The van der Waals surface area contributed by atoms with Crippen molar-refractivity contribution in [3.63, 3.8) is 0 Å². The highest BCUT2D eigenvalue weighted by atomic mass is 32.1. The fourth-order valence-electron chi connectivity index (χ4n) is 4.26. The van der Waals surface area contributed by atoms with Gasteiger partial charge in [-0.05, 0) is 45.0 Å². The van der Waals surface area contributed by atoms with Crippen molar-refractivity contribution in [2.45, 2.75) is 31.8 Å². The number of hydrogen-bond acceptors (Lipinski definition) is 6. The van der Waals surface area contributed by atoms with Crippen LogP contribution in [-0.4, -0.2) is 57.4 Å². The number of aromatic nitrogens is 4. The van der Waals surface area contributed by atoms with Gasteiger partial charge in [0.25, 0.3) is 0 Å². The maximum Gasteiger partial charge on any atom is 0.186 e. The number of hydrogen-bond donors (Lipinski definition) is 0. The highest BCUT2D eigenvalue weighted by molar-refractivity contribution is 7.22. The van der Waals surface area contributed by atoms with Crippen molar-refractivity contribution in [3.05, 3.63) is 36.4 Å². The summed E-state index contributed by atoms with van der Waals surface area (Å²) in [5, 5.41) is 5.97. The topological polar surface area (TPSA) is 50.1 Å². The van der Waals surface area contributed by atoms with Crippen molar-refractivity contribution in [1.29, 1.82) is 0 Å². The zero-order valence-electron chi connectivity index (χ0n) is 17.6. The molecule has 0 bridgehead atoms. The molecule has 156 valence electrons. The third-order valence-electron chi connectivity index (χ3n) is 6.27. The van der Waals surface area contributed by atoms with Crippen molar-refractivity contribution >= 4 is 37.6 Å². The van der Waals surface area contributed by atoms with Crippen molar-refractivity contribution in [2.75, 3.05) is 25.5 Å². The van der Waals surface area contributed by atoms with E-state index in [2.05, 4.69) is 40.9 Å². The van der Waals surface area contributed by atoms with Crippen LogP contribution in [0.3, 0.4) is 0 Å². The van der Waals surface area contributed by atoms with Crippen molar-refractivity contribution < 1.29 is 4.39 Å². The van der Waals surface area contributed by atoms with Gasteiger partial charge in [-0.25, -0.2) is 9.37 Å². The number of rotatable bonds is 3. The number of aryl methyl sites for hydroxylation is 1. The number of halogens is 1. The molecule has 2 unspecified atom stereocenters. The zero-order chi connectivity index (χ0) is 21.0. The van der Waals surface area contributed by atoms with Gasteiger partial charge in [0.1, 0.15) is 11.0 Å². The second kappa shape index (κ2) is 7.28. The van der Waals surface area contributed by atoms with Crippen LogP contribution in [0.5, 0.6) is 0 Å². The SMILES string of the molecule is CC1CC(N(C)c2nc3cnc(-c4cc(F)c5nn(C)cc5c4)cc3s2)CCN1C. The number of anilines is 1. The number of likely N-dealkylation sites (tertiary alicyclic amines) is 1. The number of nitrogens with zero attached hydrogens (tertiary/aromatic N) is 6. The normalized spacial score (nSPS) is 20.3. The molecule has 1 fully saturated rings. The Morgan fingerprint density at radius 1 is 1.23 bits per heavy atom. The molecule has 5 rings (SSSR count). The van der Waals surface area contributed by atoms with E-state index in [1.165, 1.54) is 6.07 Å². The highest BCUT2D eigenvalue weighted by Crippen LogP contribution is 2.34. The molecule has 2 atom stereocenters. The van der Waals surface area contributed by atoms with Crippen LogP contribution in [0.25, 0.3) is 32.4 Å². The molecule has 8 heteroatoms. The van der Waals surface area contributed by atoms with Gasteiger partial charge in [-0.15, -0.1) is 0 Å². The molecule has 1 aromatic carbocycles. The largest absolute Gasteiger partial charge is 0.348 e. The van der Waals surface area contributed by atoms with Gasteiger partial charge in [0.15, 0.2) is 10.9 Å². The Hall–Kier alpha value is -2.58. The van der Waals surface area contributed by atoms with Gasteiger partial charge < -0.3 is 9.80 Å². The van der Waals surface area contributed by atoms with Crippen LogP contribution in [0, 0.1) is 5.82 Å². The second-order valence-electron chi connectivity index (χ2n) is 8.35. The summed E-state index contributed by atoms with van der Waals surface area (Å²) in [6, 6.07) is 6.53. The van der Waals surface area contributed by atoms with Gasteiger partial charge >= 0.3 is 0 Å². The third kappa shape index (κ3) is 3.33. The van der Waals surface area contributed by atoms with Crippen LogP contribution in [0.4, 0.5) is 9.52 Å². The van der Waals surface area contributed by atoms with Gasteiger partial charge in [0, 0.05) is 49.9 Å². The first kappa shape index (κ1) is 19.4. The fraction of sp³-hybridized carbons (Fsp3) is 0.409. The monoisotopic (exact) mass is 424 g/mol. The zero-order valence-corrected chi connectivity index (χ0v) is 18.4. The summed E-state index contributed by atoms with van der Waals surface area (Å²) in [5.74, 6) is -0.328. The van der Waals surface area contributed by atoms with Crippen molar-refractivity contribution in [2.24, 2.45) is 7.05 Å². The van der Waals surface area contributed by atoms with Crippen LogP contribution < -0.4 is 4.90 Å². The van der Waals surface area contributed by atoms with Gasteiger partial charge in [0.2, 0.25) is 0 Å². The van der Waals surface area contributed by atoms with Gasteiger partial charge in [-0.2, -0.15) is 5.10 Å². The number of piperidine rings is 1. The first-order valence-corrected chi connectivity index (χ1v) is 11.0. The number of pyridine rings is 1. The summed E-state index contributed by atoms with van der Waals surface area (Å²) < 4.78 is 17.2.